The Morgan fingerprint density at radius 1 is 1.29 bits per heavy atom. The van der Waals surface area contributed by atoms with Gasteiger partial charge < -0.3 is 15.4 Å². The Bertz CT molecular complexity index is 271. The molecule has 2 amide bonds. The fraction of sp³-hybridized carbons (Fsp3) is 0.833. The minimum Gasteiger partial charge on any atom is -0.336 e. The van der Waals surface area contributed by atoms with Crippen molar-refractivity contribution in [2.75, 3.05) is 13.2 Å². The highest BCUT2D eigenvalue weighted by atomic mass is 19.1. The molecule has 0 aromatic rings. The number of carbonyl (C=O) groups is 2. The van der Waals surface area contributed by atoms with Gasteiger partial charge in [0, 0.05) is 19.0 Å². The SMILES string of the molecule is CC(=O)CC1CCCCC1NC(=O)NCCF. The van der Waals surface area contributed by atoms with Gasteiger partial charge in [0.2, 0.25) is 0 Å². The van der Waals surface area contributed by atoms with Gasteiger partial charge in [0.15, 0.2) is 0 Å². The van der Waals surface area contributed by atoms with Crippen molar-refractivity contribution in [3.63, 3.8) is 0 Å². The van der Waals surface area contributed by atoms with E-state index in [1.807, 2.05) is 0 Å². The molecule has 1 fully saturated rings. The van der Waals surface area contributed by atoms with E-state index in [9.17, 15) is 14.0 Å². The molecule has 0 saturated heterocycles. The molecule has 0 aromatic heterocycles. The lowest BCUT2D eigenvalue weighted by molar-refractivity contribution is -0.118. The lowest BCUT2D eigenvalue weighted by atomic mass is 9.81. The number of carbonyl (C=O) groups excluding carboxylic acids is 2. The number of hydrogen-bond donors (Lipinski definition) is 2. The molecule has 2 N–H and O–H groups in total. The van der Waals surface area contributed by atoms with Crippen LogP contribution in [0, 0.1) is 5.92 Å². The average molecular weight is 244 g/mol. The number of urea groups is 1. The second kappa shape index (κ2) is 7.25. The summed E-state index contributed by atoms with van der Waals surface area (Å²) in [6.07, 6.45) is 4.59. The third kappa shape index (κ3) is 5.15. The van der Waals surface area contributed by atoms with Crippen molar-refractivity contribution < 1.29 is 14.0 Å². The highest BCUT2D eigenvalue weighted by Crippen LogP contribution is 2.27. The Balaban J connectivity index is 2.41. The van der Waals surface area contributed by atoms with Gasteiger partial charge in [-0.05, 0) is 25.7 Å². The summed E-state index contributed by atoms with van der Waals surface area (Å²) in [5, 5.41) is 5.28. The first-order valence-electron chi connectivity index (χ1n) is 6.23. The molecule has 0 aromatic carbocycles. The molecule has 1 saturated carbocycles. The maximum atomic E-state index is 11.9. The maximum Gasteiger partial charge on any atom is 0.315 e. The van der Waals surface area contributed by atoms with E-state index >= 15 is 0 Å². The topological polar surface area (TPSA) is 58.2 Å². The molecule has 5 heteroatoms. The van der Waals surface area contributed by atoms with E-state index in [0.29, 0.717) is 6.42 Å². The summed E-state index contributed by atoms with van der Waals surface area (Å²) >= 11 is 0. The van der Waals surface area contributed by atoms with Crippen molar-refractivity contribution in [3.8, 4) is 0 Å². The summed E-state index contributed by atoms with van der Waals surface area (Å²) < 4.78 is 11.9. The van der Waals surface area contributed by atoms with Crippen molar-refractivity contribution in [3.05, 3.63) is 0 Å². The van der Waals surface area contributed by atoms with Gasteiger partial charge in [0.1, 0.15) is 12.5 Å². The van der Waals surface area contributed by atoms with Crippen LogP contribution in [0.4, 0.5) is 9.18 Å². The number of amides is 2. The molecule has 17 heavy (non-hydrogen) atoms. The molecule has 0 spiro atoms. The van der Waals surface area contributed by atoms with Crippen LogP contribution in [0.1, 0.15) is 39.0 Å². The van der Waals surface area contributed by atoms with E-state index < -0.39 is 6.67 Å². The molecule has 1 aliphatic carbocycles. The van der Waals surface area contributed by atoms with Gasteiger partial charge in [-0.3, -0.25) is 0 Å². The van der Waals surface area contributed by atoms with Gasteiger partial charge in [0.25, 0.3) is 0 Å². The lowest BCUT2D eigenvalue weighted by Crippen LogP contribution is -2.47. The first kappa shape index (κ1) is 13.9. The number of hydrogen-bond acceptors (Lipinski definition) is 2. The van der Waals surface area contributed by atoms with Crippen LogP contribution in [0.5, 0.6) is 0 Å². The zero-order valence-electron chi connectivity index (χ0n) is 10.3. The van der Waals surface area contributed by atoms with E-state index in [2.05, 4.69) is 10.6 Å². The molecule has 98 valence electrons. The summed E-state index contributed by atoms with van der Waals surface area (Å²) in [6, 6.07) is -0.282. The minimum atomic E-state index is -0.561. The Hall–Kier alpha value is -1.13. The second-order valence-electron chi connectivity index (χ2n) is 4.65. The Labute approximate surface area is 101 Å². The molecule has 1 aliphatic rings. The fourth-order valence-electron chi connectivity index (χ4n) is 2.39. The molecule has 0 heterocycles. The average Bonchev–Trinajstić information content (AvgIpc) is 2.28. The molecule has 0 radical (unpaired) electrons. The highest BCUT2D eigenvalue weighted by molar-refractivity contribution is 5.76. The predicted molar refractivity (Wildman–Crippen MR) is 63.6 cm³/mol. The zero-order valence-corrected chi connectivity index (χ0v) is 10.3. The number of alkyl halides is 1. The third-order valence-electron chi connectivity index (χ3n) is 3.16. The number of rotatable bonds is 5. The van der Waals surface area contributed by atoms with Gasteiger partial charge in [-0.1, -0.05) is 12.8 Å². The Morgan fingerprint density at radius 2 is 2.00 bits per heavy atom. The number of Topliss-reactive ketones (excluding diaryl/α,β-unsaturated/α-hetero) is 1. The summed E-state index contributed by atoms with van der Waals surface area (Å²) in [5.41, 5.74) is 0. The maximum absolute atomic E-state index is 11.9. The van der Waals surface area contributed by atoms with Crippen LogP contribution >= 0.6 is 0 Å². The Morgan fingerprint density at radius 3 is 2.65 bits per heavy atom. The standard InChI is InChI=1S/C12H21FN2O2/c1-9(16)8-10-4-2-3-5-11(10)15-12(17)14-7-6-13/h10-11H,2-8H2,1H3,(H2,14,15,17). The molecule has 2 atom stereocenters. The lowest BCUT2D eigenvalue weighted by Gasteiger charge is -2.31. The monoisotopic (exact) mass is 244 g/mol. The van der Waals surface area contributed by atoms with Crippen molar-refractivity contribution >= 4 is 11.8 Å². The predicted octanol–water partition coefficient (Wildman–Crippen LogP) is 1.79. The molecular weight excluding hydrogens is 223 g/mol. The van der Waals surface area contributed by atoms with E-state index in [1.54, 1.807) is 6.92 Å². The molecule has 1 rings (SSSR count). The van der Waals surface area contributed by atoms with Crippen LogP contribution in [-0.2, 0) is 4.79 Å². The molecule has 0 bridgehead atoms. The van der Waals surface area contributed by atoms with Gasteiger partial charge in [-0.2, -0.15) is 0 Å². The van der Waals surface area contributed by atoms with Crippen LogP contribution in [-0.4, -0.2) is 31.1 Å². The molecule has 0 aliphatic heterocycles. The first-order valence-corrected chi connectivity index (χ1v) is 6.23. The Kier molecular flexibility index (Phi) is 5.94. The zero-order chi connectivity index (χ0) is 12.7. The van der Waals surface area contributed by atoms with Gasteiger partial charge in [-0.15, -0.1) is 0 Å². The van der Waals surface area contributed by atoms with E-state index in [1.165, 1.54) is 0 Å². The number of halogens is 1. The second-order valence-corrected chi connectivity index (χ2v) is 4.65. The summed E-state index contributed by atoms with van der Waals surface area (Å²) in [4.78, 5) is 22.6. The smallest absolute Gasteiger partial charge is 0.315 e. The van der Waals surface area contributed by atoms with Crippen LogP contribution < -0.4 is 10.6 Å². The van der Waals surface area contributed by atoms with Crippen molar-refractivity contribution in [1.82, 2.24) is 10.6 Å². The van der Waals surface area contributed by atoms with Crippen molar-refractivity contribution in [1.29, 1.82) is 0 Å². The van der Waals surface area contributed by atoms with Crippen LogP contribution in [0.3, 0.4) is 0 Å². The van der Waals surface area contributed by atoms with Gasteiger partial charge in [0.05, 0.1) is 0 Å². The number of nitrogens with one attached hydrogen (secondary N) is 2. The quantitative estimate of drug-likeness (QED) is 0.774. The largest absolute Gasteiger partial charge is 0.336 e. The fourth-order valence-corrected chi connectivity index (χ4v) is 2.39. The van der Waals surface area contributed by atoms with Crippen LogP contribution in [0.2, 0.25) is 0 Å². The van der Waals surface area contributed by atoms with Gasteiger partial charge in [-0.25, -0.2) is 9.18 Å². The highest BCUT2D eigenvalue weighted by Gasteiger charge is 2.27. The number of ketones is 1. The van der Waals surface area contributed by atoms with E-state index in [4.69, 9.17) is 0 Å². The summed E-state index contributed by atoms with van der Waals surface area (Å²) in [7, 11) is 0. The summed E-state index contributed by atoms with van der Waals surface area (Å²) in [6.45, 7) is 1.06. The third-order valence-corrected chi connectivity index (χ3v) is 3.16. The molecular formula is C12H21FN2O2. The van der Waals surface area contributed by atoms with Gasteiger partial charge >= 0.3 is 6.03 Å². The van der Waals surface area contributed by atoms with E-state index in [-0.39, 0.29) is 30.3 Å². The minimum absolute atomic E-state index is 0.0376. The van der Waals surface area contributed by atoms with Crippen molar-refractivity contribution in [2.24, 2.45) is 5.92 Å². The van der Waals surface area contributed by atoms with Crippen LogP contribution in [0.25, 0.3) is 0 Å². The molecule has 4 nitrogen and oxygen atoms in total. The van der Waals surface area contributed by atoms with E-state index in [0.717, 1.165) is 25.7 Å². The summed E-state index contributed by atoms with van der Waals surface area (Å²) in [5.74, 6) is 0.394. The normalized spacial score (nSPS) is 24.1. The van der Waals surface area contributed by atoms with Crippen molar-refractivity contribution in [2.45, 2.75) is 45.1 Å². The first-order chi connectivity index (χ1) is 8.13. The molecule has 2 unspecified atom stereocenters. The van der Waals surface area contributed by atoms with Crippen LogP contribution in [0.15, 0.2) is 0 Å².